The Hall–Kier alpha value is -1.06. The molecule has 0 aromatic heterocycles. The number of esters is 2. The van der Waals surface area contributed by atoms with E-state index in [4.69, 9.17) is 23.2 Å². The third-order valence-corrected chi connectivity index (χ3v) is 3.45. The Bertz CT molecular complexity index is 484. The van der Waals surface area contributed by atoms with Gasteiger partial charge in [0, 0.05) is 0 Å². The molecule has 3 nitrogen and oxygen atoms in total. The van der Waals surface area contributed by atoms with Crippen LogP contribution < -0.4 is 0 Å². The topological polar surface area (TPSA) is 43.4 Å². The fourth-order valence-corrected chi connectivity index (χ4v) is 1.97. The summed E-state index contributed by atoms with van der Waals surface area (Å²) in [4.78, 5) is 22.7. The van der Waals surface area contributed by atoms with E-state index in [1.54, 1.807) is 25.1 Å². The highest BCUT2D eigenvalue weighted by atomic mass is 35.5. The molecule has 1 saturated heterocycles. The first-order chi connectivity index (χ1) is 7.43. The van der Waals surface area contributed by atoms with Gasteiger partial charge in [0.2, 0.25) is 0 Å². The number of benzene rings is 1. The number of carbonyl (C=O) groups excluding carboxylic acids is 2. The average Bonchev–Trinajstić information content (AvgIpc) is 2.46. The fraction of sp³-hybridized carbons (Fsp3) is 0.273. The zero-order valence-electron chi connectivity index (χ0n) is 8.42. The molecule has 0 radical (unpaired) electrons. The summed E-state index contributed by atoms with van der Waals surface area (Å²) in [6.45, 7) is 1.65. The summed E-state index contributed by atoms with van der Waals surface area (Å²) in [5.74, 6) is -1.06. The van der Waals surface area contributed by atoms with Crippen LogP contribution in [0.5, 0.6) is 0 Å². The van der Waals surface area contributed by atoms with E-state index in [0.29, 0.717) is 15.6 Å². The van der Waals surface area contributed by atoms with E-state index in [9.17, 15) is 9.59 Å². The van der Waals surface area contributed by atoms with Crippen LogP contribution in [0, 0.1) is 0 Å². The van der Waals surface area contributed by atoms with E-state index >= 15 is 0 Å². The van der Waals surface area contributed by atoms with Crippen LogP contribution in [0.1, 0.15) is 18.9 Å². The minimum atomic E-state index is -0.953. The first-order valence-electron chi connectivity index (χ1n) is 4.64. The maximum atomic E-state index is 11.6. The molecule has 1 aliphatic heterocycles. The second kappa shape index (κ2) is 3.75. The number of halogens is 2. The molecule has 1 aliphatic rings. The molecule has 84 valence electrons. The number of hydrogen-bond acceptors (Lipinski definition) is 3. The van der Waals surface area contributed by atoms with Gasteiger partial charge in [-0.2, -0.15) is 0 Å². The summed E-state index contributed by atoms with van der Waals surface area (Å²) in [5.41, 5.74) is -0.316. The summed E-state index contributed by atoms with van der Waals surface area (Å²) < 4.78 is 4.55. The first-order valence-corrected chi connectivity index (χ1v) is 5.40. The van der Waals surface area contributed by atoms with Crippen LogP contribution in [0.15, 0.2) is 18.2 Å². The lowest BCUT2D eigenvalue weighted by molar-refractivity contribution is -0.153. The second-order valence-corrected chi connectivity index (χ2v) is 4.71. The Balaban J connectivity index is 2.47. The molecule has 0 aliphatic carbocycles. The minimum absolute atomic E-state index is 0.0315. The van der Waals surface area contributed by atoms with Gasteiger partial charge >= 0.3 is 11.9 Å². The van der Waals surface area contributed by atoms with Crippen molar-refractivity contribution in [2.45, 2.75) is 18.8 Å². The van der Waals surface area contributed by atoms with Gasteiger partial charge in [-0.1, -0.05) is 29.3 Å². The zero-order valence-corrected chi connectivity index (χ0v) is 9.93. The largest absolute Gasteiger partial charge is 0.392 e. The number of cyclic esters (lactones) is 2. The van der Waals surface area contributed by atoms with Crippen molar-refractivity contribution in [3.8, 4) is 0 Å². The number of hydrogen-bond donors (Lipinski definition) is 0. The molecule has 2 rings (SSSR count). The minimum Gasteiger partial charge on any atom is -0.392 e. The van der Waals surface area contributed by atoms with Crippen molar-refractivity contribution in [3.05, 3.63) is 33.8 Å². The van der Waals surface area contributed by atoms with Crippen LogP contribution in [0.3, 0.4) is 0 Å². The van der Waals surface area contributed by atoms with Gasteiger partial charge in [-0.05, 0) is 24.6 Å². The number of rotatable bonds is 1. The van der Waals surface area contributed by atoms with Crippen LogP contribution in [-0.4, -0.2) is 11.9 Å². The highest BCUT2D eigenvalue weighted by Gasteiger charge is 2.46. The van der Waals surface area contributed by atoms with Gasteiger partial charge in [-0.25, -0.2) is 0 Å². The Morgan fingerprint density at radius 2 is 1.94 bits per heavy atom. The molecule has 0 amide bonds. The van der Waals surface area contributed by atoms with Gasteiger partial charge in [-0.3, -0.25) is 9.59 Å². The van der Waals surface area contributed by atoms with E-state index in [2.05, 4.69) is 4.74 Å². The van der Waals surface area contributed by atoms with Gasteiger partial charge in [-0.15, -0.1) is 0 Å². The predicted molar refractivity (Wildman–Crippen MR) is 59.5 cm³/mol. The molecular weight excluding hydrogens is 251 g/mol. The maximum absolute atomic E-state index is 11.6. The van der Waals surface area contributed by atoms with Crippen molar-refractivity contribution < 1.29 is 14.3 Å². The Morgan fingerprint density at radius 3 is 2.44 bits per heavy atom. The van der Waals surface area contributed by atoms with Gasteiger partial charge in [0.1, 0.15) is 5.41 Å². The summed E-state index contributed by atoms with van der Waals surface area (Å²) >= 11 is 11.7. The lowest BCUT2D eigenvalue weighted by Crippen LogP contribution is -2.27. The first kappa shape index (κ1) is 11.4. The number of carbonyl (C=O) groups is 2. The normalized spacial score (nSPS) is 24.7. The van der Waals surface area contributed by atoms with Crippen LogP contribution in [0.25, 0.3) is 0 Å². The van der Waals surface area contributed by atoms with Gasteiger partial charge in [0.25, 0.3) is 0 Å². The molecule has 0 bridgehead atoms. The van der Waals surface area contributed by atoms with Crippen LogP contribution >= 0.6 is 23.2 Å². The molecule has 0 unspecified atom stereocenters. The smallest absolute Gasteiger partial charge is 0.324 e. The standard InChI is InChI=1S/C11H8Cl2O3/c1-11(5-9(14)16-10(11)15)6-2-3-7(12)8(13)4-6/h2-4H,5H2,1H3/t11-/m0/s1. The lowest BCUT2D eigenvalue weighted by atomic mass is 9.81. The van der Waals surface area contributed by atoms with Crippen molar-refractivity contribution >= 4 is 35.1 Å². The molecular formula is C11H8Cl2O3. The van der Waals surface area contributed by atoms with Crippen molar-refractivity contribution in [1.82, 2.24) is 0 Å². The van der Waals surface area contributed by atoms with Crippen molar-refractivity contribution in [2.24, 2.45) is 0 Å². The highest BCUT2D eigenvalue weighted by Crippen LogP contribution is 2.37. The Kier molecular flexibility index (Phi) is 2.68. The van der Waals surface area contributed by atoms with Crippen molar-refractivity contribution in [3.63, 3.8) is 0 Å². The second-order valence-electron chi connectivity index (χ2n) is 3.90. The third-order valence-electron chi connectivity index (χ3n) is 2.71. The SMILES string of the molecule is C[C@@]1(c2ccc(Cl)c(Cl)c2)CC(=O)OC1=O. The molecule has 1 fully saturated rings. The lowest BCUT2D eigenvalue weighted by Gasteiger charge is -2.18. The number of ether oxygens (including phenoxy) is 1. The summed E-state index contributed by atoms with van der Waals surface area (Å²) in [7, 11) is 0. The summed E-state index contributed by atoms with van der Waals surface area (Å²) in [6.07, 6.45) is 0.0315. The molecule has 1 atom stereocenters. The molecule has 1 heterocycles. The van der Waals surface area contributed by atoms with Crippen LogP contribution in [-0.2, 0) is 19.7 Å². The van der Waals surface area contributed by atoms with Crippen LogP contribution in [0.2, 0.25) is 10.0 Å². The van der Waals surface area contributed by atoms with E-state index in [-0.39, 0.29) is 6.42 Å². The van der Waals surface area contributed by atoms with E-state index < -0.39 is 17.4 Å². The van der Waals surface area contributed by atoms with E-state index in [1.807, 2.05) is 0 Å². The van der Waals surface area contributed by atoms with E-state index in [0.717, 1.165) is 0 Å². The van der Waals surface area contributed by atoms with Crippen LogP contribution in [0.4, 0.5) is 0 Å². The molecule has 5 heteroatoms. The molecule has 0 spiro atoms. The highest BCUT2D eigenvalue weighted by molar-refractivity contribution is 6.42. The fourth-order valence-electron chi connectivity index (χ4n) is 1.67. The van der Waals surface area contributed by atoms with Gasteiger partial charge in [0.15, 0.2) is 0 Å². The Morgan fingerprint density at radius 1 is 1.25 bits per heavy atom. The monoisotopic (exact) mass is 258 g/mol. The molecule has 0 N–H and O–H groups in total. The maximum Gasteiger partial charge on any atom is 0.324 e. The quantitative estimate of drug-likeness (QED) is 0.575. The van der Waals surface area contributed by atoms with Gasteiger partial charge < -0.3 is 4.74 Å². The molecule has 0 saturated carbocycles. The van der Waals surface area contributed by atoms with Gasteiger partial charge in [0.05, 0.1) is 16.5 Å². The van der Waals surface area contributed by atoms with Crippen molar-refractivity contribution in [1.29, 1.82) is 0 Å². The zero-order chi connectivity index (χ0) is 11.9. The molecule has 1 aromatic carbocycles. The Labute approximate surface area is 102 Å². The molecule has 16 heavy (non-hydrogen) atoms. The van der Waals surface area contributed by atoms with Crippen molar-refractivity contribution in [2.75, 3.05) is 0 Å². The van der Waals surface area contributed by atoms with E-state index in [1.165, 1.54) is 0 Å². The third kappa shape index (κ3) is 1.70. The molecule has 1 aromatic rings. The summed E-state index contributed by atoms with van der Waals surface area (Å²) in [6, 6.07) is 4.86. The predicted octanol–water partition coefficient (Wildman–Crippen LogP) is 2.72. The summed E-state index contributed by atoms with van der Waals surface area (Å²) in [5, 5.41) is 0.763. The average molecular weight is 259 g/mol.